The predicted octanol–water partition coefficient (Wildman–Crippen LogP) is 4.84. The fraction of sp³-hybridized carbons (Fsp3) is 0.0526. The van der Waals surface area contributed by atoms with Crippen molar-refractivity contribution in [1.82, 2.24) is 10.2 Å². The third-order valence-corrected chi connectivity index (χ3v) is 6.21. The summed E-state index contributed by atoms with van der Waals surface area (Å²) in [5.74, 6) is 0.0505. The summed E-state index contributed by atoms with van der Waals surface area (Å²) in [6.45, 7) is 0. The van der Waals surface area contributed by atoms with Crippen molar-refractivity contribution in [1.29, 1.82) is 0 Å². The number of rotatable bonds is 5. The normalized spacial score (nSPS) is 10.9. The third kappa shape index (κ3) is 4.09. The van der Waals surface area contributed by atoms with E-state index >= 15 is 0 Å². The predicted molar refractivity (Wildman–Crippen MR) is 111 cm³/mol. The molecular formula is C19H12ClN3O3S2. The molecule has 0 spiro atoms. The lowest BCUT2D eigenvalue weighted by Crippen LogP contribution is -2.20. The zero-order chi connectivity index (χ0) is 19.5. The van der Waals surface area contributed by atoms with Crippen LogP contribution in [0.15, 0.2) is 68.1 Å². The Morgan fingerprint density at radius 1 is 1.14 bits per heavy atom. The van der Waals surface area contributed by atoms with E-state index in [1.54, 1.807) is 24.3 Å². The topological polar surface area (TPSA) is 85.1 Å². The second kappa shape index (κ2) is 8.14. The molecule has 4 aromatic rings. The lowest BCUT2D eigenvalue weighted by molar-refractivity contribution is 0.102. The number of carbonyl (C=O) groups excluding carboxylic acids is 1. The van der Waals surface area contributed by atoms with Crippen LogP contribution in [0.3, 0.4) is 0 Å². The fourth-order valence-corrected chi connectivity index (χ4v) is 4.49. The molecule has 0 saturated carbocycles. The molecule has 28 heavy (non-hydrogen) atoms. The van der Waals surface area contributed by atoms with Crippen LogP contribution in [0.25, 0.3) is 11.0 Å². The molecule has 1 N–H and O–H groups in total. The first kappa shape index (κ1) is 18.7. The van der Waals surface area contributed by atoms with Crippen molar-refractivity contribution in [2.75, 3.05) is 5.32 Å². The molecule has 6 nitrogen and oxygen atoms in total. The number of carbonyl (C=O) groups is 1. The van der Waals surface area contributed by atoms with Gasteiger partial charge in [-0.3, -0.25) is 10.1 Å². The van der Waals surface area contributed by atoms with Crippen molar-refractivity contribution in [2.24, 2.45) is 0 Å². The van der Waals surface area contributed by atoms with Crippen molar-refractivity contribution in [3.8, 4) is 0 Å². The molecule has 0 unspecified atom stereocenters. The van der Waals surface area contributed by atoms with Gasteiger partial charge in [-0.25, -0.2) is 4.79 Å². The maximum Gasteiger partial charge on any atom is 0.349 e. The highest BCUT2D eigenvalue weighted by Crippen LogP contribution is 2.30. The summed E-state index contributed by atoms with van der Waals surface area (Å²) in [5, 5.41) is 12.3. The summed E-state index contributed by atoms with van der Waals surface area (Å²) < 4.78 is 5.87. The van der Waals surface area contributed by atoms with Gasteiger partial charge in [0.1, 0.15) is 11.1 Å². The van der Waals surface area contributed by atoms with Crippen molar-refractivity contribution in [2.45, 2.75) is 10.1 Å². The molecule has 0 radical (unpaired) electrons. The molecule has 2 aromatic carbocycles. The number of fused-ring (bicyclic) bond motifs is 1. The molecule has 0 aliphatic rings. The van der Waals surface area contributed by atoms with Crippen LogP contribution in [0, 0.1) is 0 Å². The maximum atomic E-state index is 12.5. The van der Waals surface area contributed by atoms with Gasteiger partial charge in [-0.2, -0.15) is 0 Å². The molecule has 2 heterocycles. The minimum atomic E-state index is -0.700. The Hall–Kier alpha value is -2.68. The minimum absolute atomic E-state index is 0.0841. The van der Waals surface area contributed by atoms with E-state index in [4.69, 9.17) is 16.0 Å². The first-order valence-corrected chi connectivity index (χ1v) is 10.3. The Labute approximate surface area is 172 Å². The number of hydrogen-bond donors (Lipinski definition) is 1. The van der Waals surface area contributed by atoms with Crippen LogP contribution in [-0.2, 0) is 5.75 Å². The number of thioether (sulfide) groups is 1. The molecule has 2 aromatic heterocycles. The second-order valence-electron chi connectivity index (χ2n) is 5.69. The fourth-order valence-electron chi connectivity index (χ4n) is 2.46. The molecule has 9 heteroatoms. The molecule has 4 rings (SSSR count). The number of halogens is 1. The van der Waals surface area contributed by atoms with Crippen molar-refractivity contribution < 1.29 is 9.21 Å². The summed E-state index contributed by atoms with van der Waals surface area (Å²) in [7, 11) is 0. The molecule has 0 aliphatic carbocycles. The van der Waals surface area contributed by atoms with Gasteiger partial charge in [0.15, 0.2) is 4.34 Å². The number of nitrogens with zero attached hydrogens (tertiary/aromatic N) is 2. The minimum Gasteiger partial charge on any atom is -0.422 e. The lowest BCUT2D eigenvalue weighted by Gasteiger charge is -2.02. The molecule has 0 aliphatic heterocycles. The number of nitrogens with one attached hydrogen (secondary N) is 1. The van der Waals surface area contributed by atoms with E-state index in [0.29, 0.717) is 31.2 Å². The Morgan fingerprint density at radius 2 is 1.93 bits per heavy atom. The molecule has 0 saturated heterocycles. The summed E-state index contributed by atoms with van der Waals surface area (Å²) in [4.78, 5) is 24.5. The summed E-state index contributed by atoms with van der Waals surface area (Å²) in [5.41, 5.74) is 0.634. The standard InChI is InChI=1S/C19H12ClN3O3S2/c20-14-7-3-1-6-12(14)10-27-19-23-22-18(28-19)21-16(24)13-9-11-5-2-4-8-15(11)26-17(13)25/h1-9H,10H2,(H,21,22,24). The second-order valence-corrected chi connectivity index (χ2v) is 8.30. The van der Waals surface area contributed by atoms with Gasteiger partial charge < -0.3 is 4.42 Å². The van der Waals surface area contributed by atoms with Crippen molar-refractivity contribution >= 4 is 56.7 Å². The Balaban J connectivity index is 1.46. The molecule has 1 amide bonds. The van der Waals surface area contributed by atoms with Crippen LogP contribution in [-0.4, -0.2) is 16.1 Å². The zero-order valence-corrected chi connectivity index (χ0v) is 16.6. The van der Waals surface area contributed by atoms with E-state index in [2.05, 4.69) is 15.5 Å². The molecule has 0 atom stereocenters. The number of anilines is 1. The SMILES string of the molecule is O=C(Nc1nnc(SCc2ccccc2Cl)s1)c1cc2ccccc2oc1=O. The highest BCUT2D eigenvalue weighted by Gasteiger charge is 2.16. The largest absolute Gasteiger partial charge is 0.422 e. The van der Waals surface area contributed by atoms with Crippen LogP contribution in [0.2, 0.25) is 5.02 Å². The van der Waals surface area contributed by atoms with Gasteiger partial charge in [0.25, 0.3) is 5.91 Å². The van der Waals surface area contributed by atoms with Crippen LogP contribution >= 0.6 is 34.7 Å². The smallest absolute Gasteiger partial charge is 0.349 e. The van der Waals surface area contributed by atoms with E-state index < -0.39 is 11.5 Å². The van der Waals surface area contributed by atoms with Crippen LogP contribution in [0.1, 0.15) is 15.9 Å². The summed E-state index contributed by atoms with van der Waals surface area (Å²) in [6.07, 6.45) is 0. The highest BCUT2D eigenvalue weighted by atomic mass is 35.5. The first-order chi connectivity index (χ1) is 13.6. The zero-order valence-electron chi connectivity index (χ0n) is 14.2. The lowest BCUT2D eigenvalue weighted by atomic mass is 10.2. The Bertz CT molecular complexity index is 1220. The van der Waals surface area contributed by atoms with Gasteiger partial charge >= 0.3 is 5.63 Å². The van der Waals surface area contributed by atoms with Crippen LogP contribution < -0.4 is 10.9 Å². The van der Waals surface area contributed by atoms with Crippen molar-refractivity contribution in [3.05, 3.63) is 81.2 Å². The van der Waals surface area contributed by atoms with Gasteiger partial charge in [-0.15, -0.1) is 10.2 Å². The number of hydrogen-bond acceptors (Lipinski definition) is 7. The van der Waals surface area contributed by atoms with Gasteiger partial charge in [0.2, 0.25) is 5.13 Å². The monoisotopic (exact) mass is 429 g/mol. The highest BCUT2D eigenvalue weighted by molar-refractivity contribution is 8.00. The number of amides is 1. The van der Waals surface area contributed by atoms with Crippen LogP contribution in [0.5, 0.6) is 0 Å². The van der Waals surface area contributed by atoms with Gasteiger partial charge in [-0.05, 0) is 23.8 Å². The Kier molecular flexibility index (Phi) is 5.43. The maximum absolute atomic E-state index is 12.5. The molecule has 0 bridgehead atoms. The van der Waals surface area contributed by atoms with Gasteiger partial charge in [-0.1, -0.05) is 71.1 Å². The quantitative estimate of drug-likeness (QED) is 0.277. The number of aromatic nitrogens is 2. The average molecular weight is 430 g/mol. The van der Waals surface area contributed by atoms with Gasteiger partial charge in [0, 0.05) is 16.2 Å². The third-order valence-electron chi connectivity index (χ3n) is 3.82. The molecule has 0 fully saturated rings. The van der Waals surface area contributed by atoms with E-state index in [1.807, 2.05) is 24.3 Å². The van der Waals surface area contributed by atoms with Crippen LogP contribution in [0.4, 0.5) is 5.13 Å². The summed E-state index contributed by atoms with van der Waals surface area (Å²) >= 11 is 8.84. The van der Waals surface area contributed by atoms with E-state index in [1.165, 1.54) is 29.2 Å². The van der Waals surface area contributed by atoms with Crippen molar-refractivity contribution in [3.63, 3.8) is 0 Å². The van der Waals surface area contributed by atoms with E-state index in [0.717, 1.165) is 5.56 Å². The van der Waals surface area contributed by atoms with E-state index in [-0.39, 0.29) is 5.56 Å². The number of benzene rings is 2. The van der Waals surface area contributed by atoms with E-state index in [9.17, 15) is 9.59 Å². The number of para-hydroxylation sites is 1. The summed E-state index contributed by atoms with van der Waals surface area (Å²) in [6, 6.07) is 16.1. The molecular weight excluding hydrogens is 418 g/mol. The van der Waals surface area contributed by atoms with Gasteiger partial charge in [0.05, 0.1) is 0 Å². The average Bonchev–Trinajstić information content (AvgIpc) is 3.14. The first-order valence-electron chi connectivity index (χ1n) is 8.14. The Morgan fingerprint density at radius 3 is 2.79 bits per heavy atom. The molecule has 140 valence electrons.